The van der Waals surface area contributed by atoms with Crippen molar-refractivity contribution in [2.24, 2.45) is 0 Å². The van der Waals surface area contributed by atoms with Gasteiger partial charge in [-0.3, -0.25) is 9.78 Å². The van der Waals surface area contributed by atoms with Gasteiger partial charge in [-0.25, -0.2) is 0 Å². The van der Waals surface area contributed by atoms with Gasteiger partial charge in [0, 0.05) is 35.8 Å². The Hall–Kier alpha value is -1.82. The standard InChI is InChI=1S/C13H15BrN4O/c1-16-12(19)7-18(2)11-4-3-10(15)9-5-8(14)6-17-13(9)11/h3-6H,7,15H2,1-2H3,(H,16,19). The molecule has 100 valence electrons. The lowest BCUT2D eigenvalue weighted by Gasteiger charge is -2.20. The van der Waals surface area contributed by atoms with E-state index in [9.17, 15) is 4.79 Å². The number of anilines is 2. The number of pyridine rings is 1. The number of fused-ring (bicyclic) bond motifs is 1. The van der Waals surface area contributed by atoms with Crippen molar-refractivity contribution in [1.82, 2.24) is 10.3 Å². The second-order valence-corrected chi connectivity index (χ2v) is 5.17. The molecule has 0 saturated carbocycles. The normalized spacial score (nSPS) is 10.5. The summed E-state index contributed by atoms with van der Waals surface area (Å²) in [4.78, 5) is 17.7. The zero-order valence-electron chi connectivity index (χ0n) is 10.8. The van der Waals surface area contributed by atoms with Crippen molar-refractivity contribution in [2.75, 3.05) is 31.3 Å². The molecule has 1 aromatic carbocycles. The number of carbonyl (C=O) groups excluding carboxylic acids is 1. The first-order valence-corrected chi connectivity index (χ1v) is 6.57. The predicted molar refractivity (Wildman–Crippen MR) is 81.2 cm³/mol. The molecule has 1 heterocycles. The highest BCUT2D eigenvalue weighted by molar-refractivity contribution is 9.10. The van der Waals surface area contributed by atoms with Gasteiger partial charge in [-0.15, -0.1) is 0 Å². The first kappa shape index (κ1) is 13.6. The van der Waals surface area contributed by atoms with E-state index in [-0.39, 0.29) is 12.5 Å². The summed E-state index contributed by atoms with van der Waals surface area (Å²) in [5.41, 5.74) is 8.29. The Kier molecular flexibility index (Phi) is 3.90. The van der Waals surface area contributed by atoms with Crippen LogP contribution in [0.3, 0.4) is 0 Å². The fraction of sp³-hybridized carbons (Fsp3) is 0.231. The van der Waals surface area contributed by atoms with Crippen LogP contribution in [0.15, 0.2) is 28.9 Å². The molecule has 19 heavy (non-hydrogen) atoms. The summed E-state index contributed by atoms with van der Waals surface area (Å²) in [6.45, 7) is 0.271. The maximum atomic E-state index is 11.4. The molecule has 0 atom stereocenters. The number of halogens is 1. The van der Waals surface area contributed by atoms with E-state index in [0.717, 1.165) is 21.1 Å². The van der Waals surface area contributed by atoms with E-state index in [1.54, 1.807) is 13.2 Å². The van der Waals surface area contributed by atoms with E-state index in [4.69, 9.17) is 5.73 Å². The van der Waals surface area contributed by atoms with Crippen molar-refractivity contribution < 1.29 is 4.79 Å². The van der Waals surface area contributed by atoms with Gasteiger partial charge in [0.05, 0.1) is 17.7 Å². The number of likely N-dealkylation sites (N-methyl/N-ethyl adjacent to an activating group) is 2. The quantitative estimate of drug-likeness (QED) is 0.845. The van der Waals surface area contributed by atoms with Gasteiger partial charge in [0.15, 0.2) is 0 Å². The number of nitrogens with zero attached hydrogens (tertiary/aromatic N) is 2. The molecule has 0 radical (unpaired) electrons. The molecule has 0 aliphatic rings. The first-order valence-electron chi connectivity index (χ1n) is 5.78. The number of carbonyl (C=O) groups is 1. The van der Waals surface area contributed by atoms with Crippen molar-refractivity contribution in [3.63, 3.8) is 0 Å². The van der Waals surface area contributed by atoms with E-state index in [1.165, 1.54) is 0 Å². The average Bonchev–Trinajstić information content (AvgIpc) is 2.39. The minimum absolute atomic E-state index is 0.0513. The van der Waals surface area contributed by atoms with Gasteiger partial charge in [-0.2, -0.15) is 0 Å². The molecule has 6 heteroatoms. The Morgan fingerprint density at radius 1 is 1.53 bits per heavy atom. The monoisotopic (exact) mass is 322 g/mol. The smallest absolute Gasteiger partial charge is 0.239 e. The molecule has 0 unspecified atom stereocenters. The molecule has 1 aromatic heterocycles. The van der Waals surface area contributed by atoms with Crippen molar-refractivity contribution in [3.05, 3.63) is 28.9 Å². The molecule has 1 amide bonds. The number of amides is 1. The summed E-state index contributed by atoms with van der Waals surface area (Å²) >= 11 is 3.38. The van der Waals surface area contributed by atoms with Gasteiger partial charge < -0.3 is 16.0 Å². The van der Waals surface area contributed by atoms with Crippen LogP contribution in [0.1, 0.15) is 0 Å². The van der Waals surface area contributed by atoms with Crippen LogP contribution < -0.4 is 16.0 Å². The Morgan fingerprint density at radius 2 is 2.26 bits per heavy atom. The molecular formula is C13H15BrN4O. The minimum atomic E-state index is -0.0513. The first-order chi connectivity index (χ1) is 9.02. The number of rotatable bonds is 3. The van der Waals surface area contributed by atoms with Crippen LogP contribution >= 0.6 is 15.9 Å². The fourth-order valence-corrected chi connectivity index (χ4v) is 2.22. The summed E-state index contributed by atoms with van der Waals surface area (Å²) in [6, 6.07) is 5.63. The fourth-order valence-electron chi connectivity index (χ4n) is 1.89. The van der Waals surface area contributed by atoms with Crippen molar-refractivity contribution in [2.45, 2.75) is 0 Å². The largest absolute Gasteiger partial charge is 0.398 e. The lowest BCUT2D eigenvalue weighted by atomic mass is 10.1. The Morgan fingerprint density at radius 3 is 2.95 bits per heavy atom. The van der Waals surface area contributed by atoms with Crippen LogP contribution in [0, 0.1) is 0 Å². The molecule has 0 bridgehead atoms. The van der Waals surface area contributed by atoms with E-state index < -0.39 is 0 Å². The molecule has 2 aromatic rings. The Balaban J connectivity index is 2.49. The molecule has 5 nitrogen and oxygen atoms in total. The topological polar surface area (TPSA) is 71.2 Å². The number of hydrogen-bond donors (Lipinski definition) is 2. The number of nitrogens with one attached hydrogen (secondary N) is 1. The van der Waals surface area contributed by atoms with Gasteiger partial charge in [0.25, 0.3) is 0 Å². The zero-order valence-corrected chi connectivity index (χ0v) is 12.4. The highest BCUT2D eigenvalue weighted by Crippen LogP contribution is 2.30. The summed E-state index contributed by atoms with van der Waals surface area (Å²) in [5.74, 6) is -0.0513. The van der Waals surface area contributed by atoms with Gasteiger partial charge in [-0.1, -0.05) is 0 Å². The second-order valence-electron chi connectivity index (χ2n) is 4.25. The van der Waals surface area contributed by atoms with Crippen LogP contribution in [0.4, 0.5) is 11.4 Å². The molecule has 2 rings (SSSR count). The Labute approximate surface area is 119 Å². The van der Waals surface area contributed by atoms with Crippen molar-refractivity contribution >= 4 is 44.1 Å². The second kappa shape index (κ2) is 5.44. The SMILES string of the molecule is CNC(=O)CN(C)c1ccc(N)c2cc(Br)cnc12. The maximum Gasteiger partial charge on any atom is 0.239 e. The summed E-state index contributed by atoms with van der Waals surface area (Å²) in [7, 11) is 3.47. The molecule has 0 fully saturated rings. The third-order valence-corrected chi connectivity index (χ3v) is 3.33. The van der Waals surface area contributed by atoms with Crippen molar-refractivity contribution in [1.29, 1.82) is 0 Å². The lowest BCUT2D eigenvalue weighted by Crippen LogP contribution is -2.33. The van der Waals surface area contributed by atoms with E-state index in [2.05, 4.69) is 26.2 Å². The highest BCUT2D eigenvalue weighted by atomic mass is 79.9. The zero-order chi connectivity index (χ0) is 14.0. The molecule has 0 aliphatic carbocycles. The number of nitrogens with two attached hydrogens (primary N) is 1. The lowest BCUT2D eigenvalue weighted by molar-refractivity contribution is -0.119. The average molecular weight is 323 g/mol. The van der Waals surface area contributed by atoms with Crippen LogP contribution in [-0.2, 0) is 4.79 Å². The summed E-state index contributed by atoms with van der Waals surface area (Å²) in [6.07, 6.45) is 1.72. The Bertz CT molecular complexity index is 629. The van der Waals surface area contributed by atoms with Crippen LogP contribution in [0.2, 0.25) is 0 Å². The van der Waals surface area contributed by atoms with E-state index >= 15 is 0 Å². The van der Waals surface area contributed by atoms with E-state index in [1.807, 2.05) is 30.1 Å². The third-order valence-electron chi connectivity index (χ3n) is 2.90. The number of benzene rings is 1. The number of nitrogen functional groups attached to an aromatic ring is 1. The highest BCUT2D eigenvalue weighted by Gasteiger charge is 2.12. The molecule has 0 aliphatic heterocycles. The minimum Gasteiger partial charge on any atom is -0.398 e. The van der Waals surface area contributed by atoms with Gasteiger partial charge in [0.2, 0.25) is 5.91 Å². The molecule has 0 saturated heterocycles. The third kappa shape index (κ3) is 2.78. The van der Waals surface area contributed by atoms with Crippen LogP contribution in [0.5, 0.6) is 0 Å². The van der Waals surface area contributed by atoms with E-state index in [0.29, 0.717) is 5.69 Å². The molecule has 0 spiro atoms. The van der Waals surface area contributed by atoms with Gasteiger partial charge >= 0.3 is 0 Å². The molecule has 3 N–H and O–H groups in total. The van der Waals surface area contributed by atoms with Crippen LogP contribution in [0.25, 0.3) is 10.9 Å². The molecular weight excluding hydrogens is 308 g/mol. The maximum absolute atomic E-state index is 11.4. The summed E-state index contributed by atoms with van der Waals surface area (Å²) in [5, 5.41) is 3.47. The van der Waals surface area contributed by atoms with Crippen LogP contribution in [-0.4, -0.2) is 31.5 Å². The van der Waals surface area contributed by atoms with Gasteiger partial charge in [-0.05, 0) is 34.1 Å². The number of aromatic nitrogens is 1. The van der Waals surface area contributed by atoms with Crippen molar-refractivity contribution in [3.8, 4) is 0 Å². The van der Waals surface area contributed by atoms with Gasteiger partial charge in [0.1, 0.15) is 0 Å². The summed E-state index contributed by atoms with van der Waals surface area (Å²) < 4.78 is 0.873. The number of hydrogen-bond acceptors (Lipinski definition) is 4. The predicted octanol–water partition coefficient (Wildman–Crippen LogP) is 1.76.